The molecular weight excluding hydrogens is 250 g/mol. The van der Waals surface area contributed by atoms with Gasteiger partial charge < -0.3 is 0 Å². The second-order valence-corrected chi connectivity index (χ2v) is 6.74. The number of hydrogen-bond acceptors (Lipinski definition) is 3. The SMILES string of the molecule is CC1(C)[C@@H]2CC[C@@]1(C)C(=O)C2=CN(O)c1ccccc1. The average molecular weight is 271 g/mol. The highest BCUT2D eigenvalue weighted by atomic mass is 16.5. The van der Waals surface area contributed by atoms with Crippen LogP contribution in [0.4, 0.5) is 5.69 Å². The standard InChI is InChI=1S/C17H21NO2/c1-16(2)14-9-10-17(16,3)15(19)13(14)11-18(20)12-7-5-4-6-8-12/h4-8,11,14,20H,9-10H2,1-3H3/t14-,17+/m1/s1. The van der Waals surface area contributed by atoms with E-state index in [0.717, 1.165) is 23.5 Å². The molecule has 0 saturated heterocycles. The number of anilines is 1. The molecule has 2 atom stereocenters. The first kappa shape index (κ1) is 13.4. The molecule has 0 aliphatic heterocycles. The van der Waals surface area contributed by atoms with Crippen LogP contribution in [0, 0.1) is 16.7 Å². The number of nitrogens with zero attached hydrogens (tertiary/aromatic N) is 1. The Kier molecular flexibility index (Phi) is 2.80. The van der Waals surface area contributed by atoms with Crippen molar-refractivity contribution in [3.05, 3.63) is 42.1 Å². The van der Waals surface area contributed by atoms with Gasteiger partial charge in [-0.25, -0.2) is 5.06 Å². The molecule has 0 spiro atoms. The number of carbonyl (C=O) groups excluding carboxylic acids is 1. The van der Waals surface area contributed by atoms with E-state index in [9.17, 15) is 10.0 Å². The van der Waals surface area contributed by atoms with Crippen LogP contribution in [0.25, 0.3) is 0 Å². The van der Waals surface area contributed by atoms with Crippen molar-refractivity contribution in [3.63, 3.8) is 0 Å². The van der Waals surface area contributed by atoms with Gasteiger partial charge in [0.2, 0.25) is 0 Å². The molecule has 1 N–H and O–H groups in total. The summed E-state index contributed by atoms with van der Waals surface area (Å²) in [4.78, 5) is 12.7. The van der Waals surface area contributed by atoms with E-state index in [4.69, 9.17) is 0 Å². The molecule has 1 aromatic rings. The molecule has 3 rings (SSSR count). The number of allylic oxidation sites excluding steroid dienone is 1. The Morgan fingerprint density at radius 2 is 1.90 bits per heavy atom. The zero-order valence-electron chi connectivity index (χ0n) is 12.3. The number of rotatable bonds is 2. The first-order valence-electron chi connectivity index (χ1n) is 7.17. The van der Waals surface area contributed by atoms with E-state index in [2.05, 4.69) is 20.8 Å². The Hall–Kier alpha value is -1.61. The molecular formula is C17H21NO2. The minimum absolute atomic E-state index is 0.0204. The summed E-state index contributed by atoms with van der Waals surface area (Å²) < 4.78 is 0. The second-order valence-electron chi connectivity index (χ2n) is 6.74. The molecule has 2 aliphatic rings. The molecule has 106 valence electrons. The van der Waals surface area contributed by atoms with Gasteiger partial charge in [-0.3, -0.25) is 10.0 Å². The normalized spacial score (nSPS) is 32.9. The van der Waals surface area contributed by atoms with Gasteiger partial charge in [0.25, 0.3) is 0 Å². The van der Waals surface area contributed by atoms with Crippen molar-refractivity contribution >= 4 is 11.5 Å². The summed E-state index contributed by atoms with van der Waals surface area (Å²) in [6.45, 7) is 6.42. The lowest BCUT2D eigenvalue weighted by Crippen LogP contribution is -2.32. The van der Waals surface area contributed by atoms with E-state index in [1.54, 1.807) is 6.20 Å². The molecule has 3 heteroatoms. The van der Waals surface area contributed by atoms with Crippen LogP contribution in [0.5, 0.6) is 0 Å². The maximum absolute atomic E-state index is 12.7. The van der Waals surface area contributed by atoms with Crippen molar-refractivity contribution in [2.75, 3.05) is 5.06 Å². The highest BCUT2D eigenvalue weighted by Gasteiger charge is 2.64. The topological polar surface area (TPSA) is 40.5 Å². The summed E-state index contributed by atoms with van der Waals surface area (Å²) in [5.41, 5.74) is 1.16. The number of hydrogen-bond donors (Lipinski definition) is 1. The van der Waals surface area contributed by atoms with Gasteiger partial charge in [-0.15, -0.1) is 0 Å². The lowest BCUT2D eigenvalue weighted by atomic mass is 9.70. The van der Waals surface area contributed by atoms with Crippen LogP contribution >= 0.6 is 0 Å². The number of fused-ring (bicyclic) bond motifs is 2. The first-order chi connectivity index (χ1) is 9.38. The molecule has 0 aromatic heterocycles. The molecule has 0 unspecified atom stereocenters. The molecule has 1 aromatic carbocycles. The van der Waals surface area contributed by atoms with E-state index in [0.29, 0.717) is 5.69 Å². The van der Waals surface area contributed by atoms with Gasteiger partial charge in [0.1, 0.15) is 0 Å². The number of carbonyl (C=O) groups is 1. The van der Waals surface area contributed by atoms with Crippen molar-refractivity contribution in [1.29, 1.82) is 0 Å². The highest BCUT2D eigenvalue weighted by Crippen LogP contribution is 2.65. The van der Waals surface area contributed by atoms with Crippen LogP contribution in [0.1, 0.15) is 33.6 Å². The lowest BCUT2D eigenvalue weighted by molar-refractivity contribution is -0.125. The third kappa shape index (κ3) is 1.59. The van der Waals surface area contributed by atoms with Gasteiger partial charge in [-0.05, 0) is 36.3 Å². The molecule has 3 nitrogen and oxygen atoms in total. The van der Waals surface area contributed by atoms with Gasteiger partial charge in [-0.2, -0.15) is 0 Å². The van der Waals surface area contributed by atoms with Crippen molar-refractivity contribution < 1.29 is 10.0 Å². The second kappa shape index (κ2) is 4.19. The summed E-state index contributed by atoms with van der Waals surface area (Å²) in [7, 11) is 0. The highest BCUT2D eigenvalue weighted by molar-refractivity contribution is 6.04. The fourth-order valence-corrected chi connectivity index (χ4v) is 3.86. The van der Waals surface area contributed by atoms with Crippen molar-refractivity contribution in [2.24, 2.45) is 16.7 Å². The predicted molar refractivity (Wildman–Crippen MR) is 78.4 cm³/mol. The van der Waals surface area contributed by atoms with E-state index in [1.165, 1.54) is 0 Å². The zero-order chi connectivity index (χ0) is 14.5. The molecule has 0 radical (unpaired) electrons. The minimum Gasteiger partial charge on any atom is -0.294 e. The van der Waals surface area contributed by atoms with Crippen LogP contribution in [-0.4, -0.2) is 11.0 Å². The molecule has 0 amide bonds. The molecule has 2 bridgehead atoms. The van der Waals surface area contributed by atoms with Crippen LogP contribution in [0.15, 0.2) is 42.1 Å². The van der Waals surface area contributed by atoms with Crippen LogP contribution in [-0.2, 0) is 4.79 Å². The van der Waals surface area contributed by atoms with Crippen LogP contribution in [0.3, 0.4) is 0 Å². The number of hydroxylamine groups is 1. The Morgan fingerprint density at radius 3 is 2.45 bits per heavy atom. The van der Waals surface area contributed by atoms with Gasteiger partial charge >= 0.3 is 0 Å². The largest absolute Gasteiger partial charge is 0.294 e. The van der Waals surface area contributed by atoms with E-state index in [1.807, 2.05) is 30.3 Å². The van der Waals surface area contributed by atoms with Gasteiger partial charge in [0.15, 0.2) is 5.78 Å². The average Bonchev–Trinajstić information content (AvgIpc) is 2.74. The fraction of sp³-hybridized carbons (Fsp3) is 0.471. The summed E-state index contributed by atoms with van der Waals surface area (Å²) in [6.07, 6.45) is 3.61. The van der Waals surface area contributed by atoms with E-state index in [-0.39, 0.29) is 22.5 Å². The quantitative estimate of drug-likeness (QED) is 0.657. The summed E-state index contributed by atoms with van der Waals surface area (Å²) in [5, 5.41) is 11.3. The van der Waals surface area contributed by atoms with Gasteiger partial charge in [-0.1, -0.05) is 39.0 Å². The monoisotopic (exact) mass is 271 g/mol. The Morgan fingerprint density at radius 1 is 1.25 bits per heavy atom. The molecule has 20 heavy (non-hydrogen) atoms. The minimum atomic E-state index is -0.277. The fourth-order valence-electron chi connectivity index (χ4n) is 3.86. The molecule has 0 heterocycles. The molecule has 2 saturated carbocycles. The third-order valence-electron chi connectivity index (χ3n) is 5.65. The Balaban J connectivity index is 1.96. The summed E-state index contributed by atoms with van der Waals surface area (Å²) >= 11 is 0. The van der Waals surface area contributed by atoms with E-state index >= 15 is 0 Å². The number of Topliss-reactive ketones (excluding diaryl/α,β-unsaturated/α-hetero) is 1. The lowest BCUT2D eigenvalue weighted by Gasteiger charge is -2.31. The predicted octanol–water partition coefficient (Wildman–Crippen LogP) is 3.79. The number of para-hydroxylation sites is 1. The van der Waals surface area contributed by atoms with Crippen LogP contribution in [0.2, 0.25) is 0 Å². The van der Waals surface area contributed by atoms with Gasteiger partial charge in [0.05, 0.1) is 5.69 Å². The molecule has 2 fully saturated rings. The third-order valence-corrected chi connectivity index (χ3v) is 5.65. The molecule has 2 aliphatic carbocycles. The van der Waals surface area contributed by atoms with Crippen molar-refractivity contribution in [1.82, 2.24) is 0 Å². The Bertz CT molecular complexity index is 576. The van der Waals surface area contributed by atoms with E-state index < -0.39 is 0 Å². The summed E-state index contributed by atoms with van der Waals surface area (Å²) in [5.74, 6) is 0.451. The summed E-state index contributed by atoms with van der Waals surface area (Å²) in [6, 6.07) is 9.27. The van der Waals surface area contributed by atoms with Crippen molar-refractivity contribution in [2.45, 2.75) is 33.6 Å². The first-order valence-corrected chi connectivity index (χ1v) is 7.17. The number of ketones is 1. The van der Waals surface area contributed by atoms with Crippen LogP contribution < -0.4 is 5.06 Å². The Labute approximate surface area is 119 Å². The smallest absolute Gasteiger partial charge is 0.167 e. The van der Waals surface area contributed by atoms with Crippen molar-refractivity contribution in [3.8, 4) is 0 Å². The van der Waals surface area contributed by atoms with Gasteiger partial charge in [0, 0.05) is 17.2 Å². The zero-order valence-corrected chi connectivity index (χ0v) is 12.3. The maximum atomic E-state index is 12.7. The maximum Gasteiger partial charge on any atom is 0.167 e. The number of benzene rings is 1.